The number of hydrogen-bond donors (Lipinski definition) is 1. The number of fused-ring (bicyclic) bond motifs is 1. The maximum Gasteiger partial charge on any atom is 0.277 e. The summed E-state index contributed by atoms with van der Waals surface area (Å²) < 4.78 is 10.6. The molecule has 0 saturated heterocycles. The van der Waals surface area contributed by atoms with Gasteiger partial charge in [0, 0.05) is 16.8 Å². The van der Waals surface area contributed by atoms with Gasteiger partial charge < -0.3 is 9.47 Å². The zero-order chi connectivity index (χ0) is 21.4. The van der Waals surface area contributed by atoms with Crippen molar-refractivity contribution in [3.05, 3.63) is 95.7 Å². The number of H-pyrrole nitrogens is 1. The monoisotopic (exact) mass is 411 g/mol. The zero-order valence-electron chi connectivity index (χ0n) is 17.2. The molecule has 31 heavy (non-hydrogen) atoms. The minimum atomic E-state index is -0.313. The molecular formula is C25H21N3O3. The van der Waals surface area contributed by atoms with Crippen molar-refractivity contribution in [1.82, 2.24) is 10.2 Å². The van der Waals surface area contributed by atoms with Crippen LogP contribution in [0.1, 0.15) is 27.7 Å². The Morgan fingerprint density at radius 1 is 0.839 bits per heavy atom. The molecule has 0 spiro atoms. The van der Waals surface area contributed by atoms with Crippen LogP contribution < -0.4 is 14.4 Å². The number of anilines is 1. The number of methoxy groups -OCH3 is 2. The molecule has 0 unspecified atom stereocenters. The lowest BCUT2D eigenvalue weighted by atomic mass is 9.95. The summed E-state index contributed by atoms with van der Waals surface area (Å²) in [5, 5.41) is 7.50. The van der Waals surface area contributed by atoms with Gasteiger partial charge in [-0.05, 0) is 54.1 Å². The molecule has 1 amide bonds. The number of carbonyl (C=O) groups is 1. The highest BCUT2D eigenvalue weighted by Gasteiger charge is 2.43. The summed E-state index contributed by atoms with van der Waals surface area (Å²) in [5.74, 6) is 1.43. The summed E-state index contributed by atoms with van der Waals surface area (Å²) >= 11 is 0. The summed E-state index contributed by atoms with van der Waals surface area (Å²) in [4.78, 5) is 15.3. The van der Waals surface area contributed by atoms with Gasteiger partial charge >= 0.3 is 0 Å². The van der Waals surface area contributed by atoms with Crippen LogP contribution in [0.5, 0.6) is 11.5 Å². The molecule has 4 aromatic rings. The van der Waals surface area contributed by atoms with Crippen LogP contribution in [-0.4, -0.2) is 30.3 Å². The molecule has 1 aliphatic rings. The maximum absolute atomic E-state index is 13.5. The summed E-state index contributed by atoms with van der Waals surface area (Å²) in [6, 6.07) is 24.9. The first-order valence-corrected chi connectivity index (χ1v) is 9.96. The minimum absolute atomic E-state index is 0.103. The number of nitrogens with zero attached hydrogens (tertiary/aromatic N) is 2. The molecule has 1 atom stereocenters. The Hall–Kier alpha value is -4.06. The Morgan fingerprint density at radius 2 is 1.45 bits per heavy atom. The Morgan fingerprint density at radius 3 is 2.06 bits per heavy atom. The number of aromatic amines is 1. The maximum atomic E-state index is 13.5. The SMILES string of the molecule is COc1ccc(-c2n[nH]c3c2[C@H](c2ccc(OC)cc2)N(c2ccccc2)C3=O)cc1. The molecule has 6 nitrogen and oxygen atoms in total. The lowest BCUT2D eigenvalue weighted by Gasteiger charge is -2.26. The summed E-state index contributed by atoms with van der Waals surface area (Å²) in [5.41, 5.74) is 4.86. The molecule has 1 aromatic heterocycles. The number of amides is 1. The second-order valence-corrected chi connectivity index (χ2v) is 7.28. The molecule has 2 heterocycles. The third-order valence-electron chi connectivity index (χ3n) is 5.60. The molecule has 0 radical (unpaired) electrons. The quantitative estimate of drug-likeness (QED) is 0.510. The highest BCUT2D eigenvalue weighted by atomic mass is 16.5. The van der Waals surface area contributed by atoms with Crippen LogP contribution in [0.15, 0.2) is 78.9 Å². The van der Waals surface area contributed by atoms with Crippen molar-refractivity contribution in [1.29, 1.82) is 0 Å². The fourth-order valence-corrected chi connectivity index (χ4v) is 4.07. The summed E-state index contributed by atoms with van der Waals surface area (Å²) in [6.45, 7) is 0. The molecular weight excluding hydrogens is 390 g/mol. The third kappa shape index (κ3) is 3.13. The van der Waals surface area contributed by atoms with Crippen molar-refractivity contribution < 1.29 is 14.3 Å². The van der Waals surface area contributed by atoms with E-state index >= 15 is 0 Å². The van der Waals surface area contributed by atoms with Crippen molar-refractivity contribution in [3.8, 4) is 22.8 Å². The largest absolute Gasteiger partial charge is 0.497 e. The number of hydrogen-bond acceptors (Lipinski definition) is 4. The number of benzene rings is 3. The fraction of sp³-hybridized carbons (Fsp3) is 0.120. The normalized spacial score (nSPS) is 15.1. The van der Waals surface area contributed by atoms with Crippen LogP contribution in [0.4, 0.5) is 5.69 Å². The number of ether oxygens (including phenoxy) is 2. The van der Waals surface area contributed by atoms with E-state index < -0.39 is 0 Å². The highest BCUT2D eigenvalue weighted by molar-refractivity contribution is 6.11. The van der Waals surface area contributed by atoms with E-state index in [0.717, 1.165) is 39.6 Å². The molecule has 3 aromatic carbocycles. The first kappa shape index (κ1) is 18.9. The number of aromatic nitrogens is 2. The summed E-state index contributed by atoms with van der Waals surface area (Å²) in [6.07, 6.45) is 0. The molecule has 0 bridgehead atoms. The van der Waals surface area contributed by atoms with Crippen LogP contribution in [0, 0.1) is 0 Å². The van der Waals surface area contributed by atoms with Gasteiger partial charge in [-0.25, -0.2) is 0 Å². The van der Waals surface area contributed by atoms with Gasteiger partial charge in [0.25, 0.3) is 5.91 Å². The molecule has 154 valence electrons. The van der Waals surface area contributed by atoms with Gasteiger partial charge in [-0.15, -0.1) is 0 Å². The van der Waals surface area contributed by atoms with Crippen LogP contribution in [0.2, 0.25) is 0 Å². The fourth-order valence-electron chi connectivity index (χ4n) is 4.07. The van der Waals surface area contributed by atoms with Gasteiger partial charge in [0.15, 0.2) is 0 Å². The van der Waals surface area contributed by atoms with Crippen LogP contribution in [0.25, 0.3) is 11.3 Å². The first-order valence-electron chi connectivity index (χ1n) is 9.96. The first-order chi connectivity index (χ1) is 15.2. The predicted octanol–water partition coefficient (Wildman–Crippen LogP) is 4.84. The molecule has 6 heteroatoms. The van der Waals surface area contributed by atoms with Crippen molar-refractivity contribution in [2.24, 2.45) is 0 Å². The summed E-state index contributed by atoms with van der Waals surface area (Å²) in [7, 11) is 3.28. The van der Waals surface area contributed by atoms with Crippen molar-refractivity contribution >= 4 is 11.6 Å². The standard InChI is InChI=1S/C25H21N3O3/c1-30-19-12-8-16(9-13-19)22-21-23(27-26-22)25(29)28(18-6-4-3-5-7-18)24(21)17-10-14-20(31-2)15-11-17/h3-15,24H,1-2H3,(H,26,27)/t24-/m0/s1. The lowest BCUT2D eigenvalue weighted by Crippen LogP contribution is -2.29. The smallest absolute Gasteiger partial charge is 0.277 e. The van der Waals surface area contributed by atoms with Gasteiger partial charge in [-0.1, -0.05) is 30.3 Å². The van der Waals surface area contributed by atoms with E-state index in [1.54, 1.807) is 14.2 Å². The van der Waals surface area contributed by atoms with E-state index in [2.05, 4.69) is 10.2 Å². The molecule has 0 fully saturated rings. The highest BCUT2D eigenvalue weighted by Crippen LogP contribution is 2.45. The Labute approximate surface area is 180 Å². The molecule has 0 saturated carbocycles. The molecule has 5 rings (SSSR count). The average molecular weight is 411 g/mol. The van der Waals surface area contributed by atoms with Gasteiger partial charge in [-0.3, -0.25) is 14.8 Å². The van der Waals surface area contributed by atoms with Gasteiger partial charge in [-0.2, -0.15) is 5.10 Å². The van der Waals surface area contributed by atoms with E-state index in [1.165, 1.54) is 0 Å². The van der Waals surface area contributed by atoms with E-state index in [1.807, 2.05) is 83.8 Å². The van der Waals surface area contributed by atoms with E-state index in [-0.39, 0.29) is 11.9 Å². The van der Waals surface area contributed by atoms with Gasteiger partial charge in [0.05, 0.1) is 26.0 Å². The second-order valence-electron chi connectivity index (χ2n) is 7.28. The number of para-hydroxylation sites is 1. The predicted molar refractivity (Wildman–Crippen MR) is 119 cm³/mol. The Kier molecular flexibility index (Phi) is 4.67. The number of rotatable bonds is 5. The van der Waals surface area contributed by atoms with Gasteiger partial charge in [0.1, 0.15) is 17.2 Å². The van der Waals surface area contributed by atoms with Crippen molar-refractivity contribution in [2.45, 2.75) is 6.04 Å². The van der Waals surface area contributed by atoms with Crippen LogP contribution >= 0.6 is 0 Å². The average Bonchev–Trinajstić information content (AvgIpc) is 3.39. The third-order valence-corrected chi connectivity index (χ3v) is 5.60. The van der Waals surface area contributed by atoms with E-state index in [0.29, 0.717) is 5.69 Å². The van der Waals surface area contributed by atoms with Crippen LogP contribution in [-0.2, 0) is 0 Å². The molecule has 0 aliphatic carbocycles. The topological polar surface area (TPSA) is 67.5 Å². The van der Waals surface area contributed by atoms with Crippen LogP contribution in [0.3, 0.4) is 0 Å². The van der Waals surface area contributed by atoms with Crippen molar-refractivity contribution in [2.75, 3.05) is 19.1 Å². The van der Waals surface area contributed by atoms with Gasteiger partial charge in [0.2, 0.25) is 0 Å². The van der Waals surface area contributed by atoms with E-state index in [4.69, 9.17) is 9.47 Å². The number of carbonyl (C=O) groups excluding carboxylic acids is 1. The Bertz CT molecular complexity index is 1220. The number of nitrogens with one attached hydrogen (secondary N) is 1. The minimum Gasteiger partial charge on any atom is -0.497 e. The zero-order valence-corrected chi connectivity index (χ0v) is 17.2. The molecule has 1 N–H and O–H groups in total. The van der Waals surface area contributed by atoms with Crippen molar-refractivity contribution in [3.63, 3.8) is 0 Å². The second kappa shape index (κ2) is 7.65. The Balaban J connectivity index is 1.68. The van der Waals surface area contributed by atoms with E-state index in [9.17, 15) is 4.79 Å². The molecule has 1 aliphatic heterocycles. The lowest BCUT2D eigenvalue weighted by molar-refractivity contribution is 0.0989.